The van der Waals surface area contributed by atoms with Crippen molar-refractivity contribution < 1.29 is 13.2 Å². The van der Waals surface area contributed by atoms with Gasteiger partial charge in [-0.25, -0.2) is 13.6 Å². The van der Waals surface area contributed by atoms with Crippen molar-refractivity contribution in [2.24, 2.45) is 5.14 Å². The van der Waals surface area contributed by atoms with Gasteiger partial charge in [0.05, 0.1) is 10.9 Å². The predicted molar refractivity (Wildman–Crippen MR) is 71.9 cm³/mol. The van der Waals surface area contributed by atoms with Crippen LogP contribution in [-0.2, 0) is 14.8 Å². The molecule has 0 aliphatic carbocycles. The molecule has 1 unspecified atom stereocenters. The molecule has 1 aliphatic heterocycles. The van der Waals surface area contributed by atoms with E-state index in [0.717, 1.165) is 18.6 Å². The van der Waals surface area contributed by atoms with Crippen LogP contribution in [0.25, 0.3) is 0 Å². The molecular formula is C11H14N2O3S2. The van der Waals surface area contributed by atoms with E-state index < -0.39 is 10.0 Å². The van der Waals surface area contributed by atoms with Crippen molar-refractivity contribution in [3.05, 3.63) is 24.3 Å². The highest BCUT2D eigenvalue weighted by molar-refractivity contribution is 8.00. The molecule has 18 heavy (non-hydrogen) atoms. The van der Waals surface area contributed by atoms with E-state index in [0.29, 0.717) is 0 Å². The Morgan fingerprint density at radius 3 is 2.72 bits per heavy atom. The van der Waals surface area contributed by atoms with E-state index in [9.17, 15) is 13.2 Å². The predicted octanol–water partition coefficient (Wildman–Crippen LogP) is 1.17. The largest absolute Gasteiger partial charge is 0.324 e. The molecular weight excluding hydrogens is 272 g/mol. The Morgan fingerprint density at radius 1 is 1.39 bits per heavy atom. The van der Waals surface area contributed by atoms with Crippen LogP contribution in [0.4, 0.5) is 5.69 Å². The third-order valence-corrected chi connectivity index (χ3v) is 5.02. The van der Waals surface area contributed by atoms with Crippen molar-refractivity contribution in [3.8, 4) is 0 Å². The summed E-state index contributed by atoms with van der Waals surface area (Å²) >= 11 is 1.59. The van der Waals surface area contributed by atoms with Crippen LogP contribution < -0.4 is 10.5 Å². The first-order valence-electron chi connectivity index (χ1n) is 5.53. The molecule has 1 heterocycles. The first-order valence-corrected chi connectivity index (χ1v) is 8.12. The van der Waals surface area contributed by atoms with Crippen LogP contribution in [0.1, 0.15) is 12.8 Å². The number of primary sulfonamides is 1. The van der Waals surface area contributed by atoms with E-state index in [1.54, 1.807) is 23.9 Å². The molecule has 2 rings (SSSR count). The van der Waals surface area contributed by atoms with Gasteiger partial charge in [-0.15, -0.1) is 11.8 Å². The Kier molecular flexibility index (Phi) is 3.94. The molecule has 1 saturated heterocycles. The number of carbonyl (C=O) groups is 1. The van der Waals surface area contributed by atoms with Gasteiger partial charge < -0.3 is 5.32 Å². The van der Waals surface area contributed by atoms with Gasteiger partial charge in [-0.3, -0.25) is 4.79 Å². The summed E-state index contributed by atoms with van der Waals surface area (Å²) in [7, 11) is -3.82. The number of anilines is 1. The van der Waals surface area contributed by atoms with Crippen LogP contribution in [0.2, 0.25) is 0 Å². The number of carbonyl (C=O) groups excluding carboxylic acids is 1. The number of amides is 1. The second-order valence-electron chi connectivity index (χ2n) is 4.03. The van der Waals surface area contributed by atoms with Gasteiger partial charge in [0.2, 0.25) is 15.9 Å². The van der Waals surface area contributed by atoms with Crippen molar-refractivity contribution in [2.45, 2.75) is 23.0 Å². The molecule has 1 fully saturated rings. The lowest BCUT2D eigenvalue weighted by molar-refractivity contribution is -0.115. The number of sulfonamides is 1. The van der Waals surface area contributed by atoms with Gasteiger partial charge in [-0.1, -0.05) is 12.1 Å². The van der Waals surface area contributed by atoms with Gasteiger partial charge in [0.25, 0.3) is 0 Å². The van der Waals surface area contributed by atoms with Crippen molar-refractivity contribution >= 4 is 33.4 Å². The summed E-state index contributed by atoms with van der Waals surface area (Å²) in [6.07, 6.45) is 1.84. The zero-order valence-corrected chi connectivity index (χ0v) is 11.3. The van der Waals surface area contributed by atoms with Crippen molar-refractivity contribution in [2.75, 3.05) is 11.1 Å². The number of rotatable bonds is 3. The van der Waals surface area contributed by atoms with Crippen LogP contribution in [0, 0.1) is 0 Å². The molecule has 1 atom stereocenters. The smallest absolute Gasteiger partial charge is 0.240 e. The average Bonchev–Trinajstić information content (AvgIpc) is 2.81. The summed E-state index contributed by atoms with van der Waals surface area (Å²) in [6, 6.07) is 6.15. The van der Waals surface area contributed by atoms with Crippen molar-refractivity contribution in [1.29, 1.82) is 0 Å². The fourth-order valence-corrected chi connectivity index (χ4v) is 3.67. The maximum Gasteiger partial charge on any atom is 0.240 e. The molecule has 1 amide bonds. The first kappa shape index (κ1) is 13.4. The van der Waals surface area contributed by atoms with Crippen LogP contribution in [0.15, 0.2) is 29.2 Å². The molecule has 0 spiro atoms. The third-order valence-electron chi connectivity index (χ3n) is 2.67. The Hall–Kier alpha value is -1.05. The number of benzene rings is 1. The molecule has 3 N–H and O–H groups in total. The molecule has 1 aromatic rings. The Labute approximate surface area is 110 Å². The normalized spacial score (nSPS) is 19.7. The number of hydrogen-bond acceptors (Lipinski definition) is 4. The Bertz CT molecular complexity index is 551. The monoisotopic (exact) mass is 286 g/mol. The molecule has 1 aliphatic rings. The minimum Gasteiger partial charge on any atom is -0.324 e. The van der Waals surface area contributed by atoms with E-state index in [4.69, 9.17) is 5.14 Å². The number of nitrogens with one attached hydrogen (secondary N) is 1. The van der Waals surface area contributed by atoms with Crippen molar-refractivity contribution in [1.82, 2.24) is 0 Å². The van der Waals surface area contributed by atoms with Gasteiger partial charge in [0.1, 0.15) is 4.90 Å². The van der Waals surface area contributed by atoms with E-state index in [-0.39, 0.29) is 21.7 Å². The Balaban J connectivity index is 2.21. The van der Waals surface area contributed by atoms with E-state index >= 15 is 0 Å². The summed E-state index contributed by atoms with van der Waals surface area (Å²) in [5, 5.41) is 7.64. The van der Waals surface area contributed by atoms with Crippen LogP contribution in [0.5, 0.6) is 0 Å². The fraction of sp³-hybridized carbons (Fsp3) is 0.364. The highest BCUT2D eigenvalue weighted by atomic mass is 32.2. The third kappa shape index (κ3) is 3.04. The summed E-state index contributed by atoms with van der Waals surface area (Å²) in [5.74, 6) is 0.808. The molecule has 0 bridgehead atoms. The SMILES string of the molecule is NS(=O)(=O)c1ccccc1NC(=O)C1CCCS1. The highest BCUT2D eigenvalue weighted by Crippen LogP contribution is 2.28. The van der Waals surface area contributed by atoms with Crippen LogP contribution >= 0.6 is 11.8 Å². The molecule has 7 heteroatoms. The van der Waals surface area contributed by atoms with E-state index in [1.807, 2.05) is 0 Å². The zero-order chi connectivity index (χ0) is 13.2. The second kappa shape index (κ2) is 5.29. The summed E-state index contributed by atoms with van der Waals surface area (Å²) in [5.41, 5.74) is 0.248. The number of nitrogens with two attached hydrogens (primary N) is 1. The van der Waals surface area contributed by atoms with Crippen LogP contribution in [0.3, 0.4) is 0 Å². The van der Waals surface area contributed by atoms with Gasteiger partial charge in [-0.05, 0) is 30.7 Å². The number of hydrogen-bond donors (Lipinski definition) is 2. The topological polar surface area (TPSA) is 89.3 Å². The highest BCUT2D eigenvalue weighted by Gasteiger charge is 2.24. The minimum atomic E-state index is -3.82. The molecule has 0 aromatic heterocycles. The molecule has 5 nitrogen and oxygen atoms in total. The second-order valence-corrected chi connectivity index (χ2v) is 6.87. The van der Waals surface area contributed by atoms with Crippen LogP contribution in [-0.4, -0.2) is 25.3 Å². The van der Waals surface area contributed by atoms with Gasteiger partial charge in [-0.2, -0.15) is 0 Å². The first-order chi connectivity index (χ1) is 8.48. The maximum atomic E-state index is 11.9. The van der Waals surface area contributed by atoms with Gasteiger partial charge >= 0.3 is 0 Å². The lowest BCUT2D eigenvalue weighted by Crippen LogP contribution is -2.24. The summed E-state index contributed by atoms with van der Waals surface area (Å²) in [6.45, 7) is 0. The van der Waals surface area contributed by atoms with E-state index in [2.05, 4.69) is 5.32 Å². The average molecular weight is 286 g/mol. The summed E-state index contributed by atoms with van der Waals surface area (Å²) < 4.78 is 22.8. The fourth-order valence-electron chi connectivity index (χ4n) is 1.82. The minimum absolute atomic E-state index is 0.0543. The molecule has 98 valence electrons. The number of thioether (sulfide) groups is 1. The molecule has 0 radical (unpaired) electrons. The lowest BCUT2D eigenvalue weighted by Gasteiger charge is -2.12. The van der Waals surface area contributed by atoms with Gasteiger partial charge in [0.15, 0.2) is 0 Å². The zero-order valence-electron chi connectivity index (χ0n) is 9.63. The van der Waals surface area contributed by atoms with E-state index in [1.165, 1.54) is 12.1 Å². The summed E-state index contributed by atoms with van der Waals surface area (Å²) in [4.78, 5) is 11.9. The lowest BCUT2D eigenvalue weighted by atomic mass is 10.2. The van der Waals surface area contributed by atoms with Crippen molar-refractivity contribution in [3.63, 3.8) is 0 Å². The number of para-hydroxylation sites is 1. The maximum absolute atomic E-state index is 11.9. The van der Waals surface area contributed by atoms with Gasteiger partial charge in [0, 0.05) is 0 Å². The molecule has 0 saturated carbocycles. The quantitative estimate of drug-likeness (QED) is 0.873. The molecule has 1 aromatic carbocycles. The Morgan fingerprint density at radius 2 is 2.11 bits per heavy atom. The standard InChI is InChI=1S/C11H14N2O3S2/c12-18(15,16)10-6-2-1-4-8(10)13-11(14)9-5-3-7-17-9/h1-2,4,6,9H,3,5,7H2,(H,13,14)(H2,12,15,16).